The van der Waals surface area contributed by atoms with Crippen molar-refractivity contribution in [3.8, 4) is 0 Å². The minimum absolute atomic E-state index is 0.0160. The molecule has 1 aromatic carbocycles. The number of nitrogens with one attached hydrogen (secondary N) is 1. The normalized spacial score (nSPS) is 10.4. The third kappa shape index (κ3) is 2.62. The number of benzene rings is 1. The monoisotopic (exact) mass is 274 g/mol. The zero-order chi connectivity index (χ0) is 13.3. The zero-order valence-electron chi connectivity index (χ0n) is 8.72. The Labute approximate surface area is 105 Å². The van der Waals surface area contributed by atoms with Crippen molar-refractivity contribution in [3.05, 3.63) is 40.8 Å². The smallest absolute Gasteiger partial charge is 0.223 e. The van der Waals surface area contributed by atoms with Crippen molar-refractivity contribution in [1.82, 2.24) is 9.97 Å². The summed E-state index contributed by atoms with van der Waals surface area (Å²) in [5, 5.41) is 2.38. The number of hydrogen-bond acceptors (Lipinski definition) is 4. The van der Waals surface area contributed by atoms with Gasteiger partial charge in [-0.05, 0) is 0 Å². The fourth-order valence-electron chi connectivity index (χ4n) is 1.28. The van der Waals surface area contributed by atoms with Crippen molar-refractivity contribution in [3.63, 3.8) is 0 Å². The highest BCUT2D eigenvalue weighted by Gasteiger charge is 2.12. The van der Waals surface area contributed by atoms with Crippen LogP contribution in [0.4, 0.5) is 30.6 Å². The van der Waals surface area contributed by atoms with E-state index in [1.807, 2.05) is 0 Å². The Kier molecular flexibility index (Phi) is 3.24. The van der Waals surface area contributed by atoms with Gasteiger partial charge in [0, 0.05) is 18.2 Å². The molecule has 8 heteroatoms. The van der Waals surface area contributed by atoms with E-state index in [0.717, 1.165) is 6.07 Å². The Morgan fingerprint density at radius 1 is 1.11 bits per heavy atom. The van der Waals surface area contributed by atoms with Gasteiger partial charge in [-0.2, -0.15) is 4.98 Å². The highest BCUT2D eigenvalue weighted by atomic mass is 35.5. The third-order valence-corrected chi connectivity index (χ3v) is 2.16. The van der Waals surface area contributed by atoms with Gasteiger partial charge in [-0.15, -0.1) is 0 Å². The van der Waals surface area contributed by atoms with Crippen molar-refractivity contribution >= 4 is 29.1 Å². The summed E-state index contributed by atoms with van der Waals surface area (Å²) in [4.78, 5) is 7.27. The first-order valence-electron chi connectivity index (χ1n) is 4.67. The Balaban J connectivity index is 2.39. The first-order chi connectivity index (χ1) is 8.45. The van der Waals surface area contributed by atoms with Gasteiger partial charge in [0.1, 0.15) is 16.8 Å². The number of aromatic nitrogens is 2. The van der Waals surface area contributed by atoms with Crippen LogP contribution >= 0.6 is 11.6 Å². The number of nitrogen functional groups attached to an aromatic ring is 1. The molecule has 18 heavy (non-hydrogen) atoms. The number of nitrogens with two attached hydrogens (primary N) is 1. The molecule has 0 spiro atoms. The number of hydrogen-bond donors (Lipinski definition) is 2. The summed E-state index contributed by atoms with van der Waals surface area (Å²) in [6.07, 6.45) is 0. The second kappa shape index (κ2) is 4.69. The molecule has 3 N–H and O–H groups in total. The average molecular weight is 275 g/mol. The van der Waals surface area contributed by atoms with Crippen molar-refractivity contribution in [1.29, 1.82) is 0 Å². The molecule has 1 heterocycles. The van der Waals surface area contributed by atoms with Gasteiger partial charge in [0.15, 0.2) is 11.6 Å². The van der Waals surface area contributed by atoms with Crippen molar-refractivity contribution in [2.45, 2.75) is 0 Å². The molecule has 0 radical (unpaired) electrons. The molecular formula is C10H6ClF3N4. The summed E-state index contributed by atoms with van der Waals surface area (Å²) in [6.45, 7) is 0. The quantitative estimate of drug-likeness (QED) is 0.653. The van der Waals surface area contributed by atoms with Gasteiger partial charge < -0.3 is 11.1 Å². The molecule has 2 aromatic rings. The molecule has 0 unspecified atom stereocenters. The van der Waals surface area contributed by atoms with E-state index < -0.39 is 23.1 Å². The van der Waals surface area contributed by atoms with E-state index >= 15 is 0 Å². The highest BCUT2D eigenvalue weighted by Crippen LogP contribution is 2.23. The van der Waals surface area contributed by atoms with Gasteiger partial charge in [-0.3, -0.25) is 0 Å². The molecule has 94 valence electrons. The van der Waals surface area contributed by atoms with Crippen LogP contribution in [0.5, 0.6) is 0 Å². The van der Waals surface area contributed by atoms with Crippen LogP contribution in [0.15, 0.2) is 18.2 Å². The Bertz CT molecular complexity index is 586. The number of nitrogens with zero attached hydrogens (tertiary/aromatic N) is 2. The Hall–Kier alpha value is -2.02. The van der Waals surface area contributed by atoms with Crippen LogP contribution in [0.25, 0.3) is 0 Å². The molecular weight excluding hydrogens is 269 g/mol. The average Bonchev–Trinajstić information content (AvgIpc) is 2.23. The largest absolute Gasteiger partial charge is 0.368 e. The second-order valence-electron chi connectivity index (χ2n) is 3.31. The molecule has 2 rings (SSSR count). The lowest BCUT2D eigenvalue weighted by Gasteiger charge is -2.08. The van der Waals surface area contributed by atoms with E-state index in [2.05, 4.69) is 15.3 Å². The van der Waals surface area contributed by atoms with Crippen LogP contribution < -0.4 is 11.1 Å². The lowest BCUT2D eigenvalue weighted by molar-refractivity contribution is 0.498. The molecule has 0 aliphatic carbocycles. The number of halogens is 4. The summed E-state index contributed by atoms with van der Waals surface area (Å²) in [5.41, 5.74) is 4.91. The topological polar surface area (TPSA) is 63.8 Å². The van der Waals surface area contributed by atoms with Crippen LogP contribution in [-0.4, -0.2) is 9.97 Å². The van der Waals surface area contributed by atoms with Crippen LogP contribution in [-0.2, 0) is 0 Å². The Morgan fingerprint density at radius 2 is 1.83 bits per heavy atom. The number of rotatable bonds is 2. The summed E-state index contributed by atoms with van der Waals surface area (Å²) in [7, 11) is 0. The summed E-state index contributed by atoms with van der Waals surface area (Å²) in [5.74, 6) is -3.60. The van der Waals surface area contributed by atoms with E-state index in [0.29, 0.717) is 6.07 Å². The number of anilines is 3. The Morgan fingerprint density at radius 3 is 2.50 bits per heavy atom. The van der Waals surface area contributed by atoms with E-state index in [4.69, 9.17) is 17.3 Å². The SMILES string of the molecule is Nc1nc(Cl)cc(Nc2cc(F)cc(F)c2F)n1. The maximum atomic E-state index is 13.4. The van der Waals surface area contributed by atoms with Crippen LogP contribution in [0.1, 0.15) is 0 Å². The lowest BCUT2D eigenvalue weighted by Crippen LogP contribution is -2.02. The van der Waals surface area contributed by atoms with Gasteiger partial charge in [0.05, 0.1) is 5.69 Å². The molecule has 0 amide bonds. The van der Waals surface area contributed by atoms with Crippen molar-refractivity contribution in [2.75, 3.05) is 11.1 Å². The predicted octanol–water partition coefficient (Wildman–Crippen LogP) is 2.87. The molecule has 1 aromatic heterocycles. The molecule has 0 saturated heterocycles. The van der Waals surface area contributed by atoms with E-state index in [1.54, 1.807) is 0 Å². The maximum absolute atomic E-state index is 13.4. The first-order valence-corrected chi connectivity index (χ1v) is 5.05. The first kappa shape index (κ1) is 12.4. The van der Waals surface area contributed by atoms with Gasteiger partial charge in [-0.25, -0.2) is 18.2 Å². The minimum Gasteiger partial charge on any atom is -0.368 e. The predicted molar refractivity (Wildman–Crippen MR) is 61.1 cm³/mol. The van der Waals surface area contributed by atoms with Crippen LogP contribution in [0.2, 0.25) is 5.15 Å². The fraction of sp³-hybridized carbons (Fsp3) is 0. The highest BCUT2D eigenvalue weighted by molar-refractivity contribution is 6.29. The summed E-state index contributed by atoms with van der Waals surface area (Å²) < 4.78 is 39.3. The molecule has 0 aliphatic heterocycles. The van der Waals surface area contributed by atoms with Gasteiger partial charge >= 0.3 is 0 Å². The van der Waals surface area contributed by atoms with E-state index in [-0.39, 0.29) is 16.9 Å². The molecule has 0 aliphatic rings. The second-order valence-corrected chi connectivity index (χ2v) is 3.70. The van der Waals surface area contributed by atoms with Crippen molar-refractivity contribution < 1.29 is 13.2 Å². The zero-order valence-corrected chi connectivity index (χ0v) is 9.47. The molecule has 4 nitrogen and oxygen atoms in total. The van der Waals surface area contributed by atoms with Crippen LogP contribution in [0.3, 0.4) is 0 Å². The molecule has 0 atom stereocenters. The lowest BCUT2D eigenvalue weighted by atomic mass is 10.3. The van der Waals surface area contributed by atoms with Gasteiger partial charge in [0.25, 0.3) is 0 Å². The van der Waals surface area contributed by atoms with E-state index in [9.17, 15) is 13.2 Å². The van der Waals surface area contributed by atoms with Gasteiger partial charge in [-0.1, -0.05) is 11.6 Å². The van der Waals surface area contributed by atoms with Gasteiger partial charge in [0.2, 0.25) is 5.95 Å². The minimum atomic E-state index is -1.31. The third-order valence-electron chi connectivity index (χ3n) is 1.97. The maximum Gasteiger partial charge on any atom is 0.223 e. The molecule has 0 fully saturated rings. The van der Waals surface area contributed by atoms with E-state index in [1.165, 1.54) is 6.07 Å². The van der Waals surface area contributed by atoms with Crippen molar-refractivity contribution in [2.24, 2.45) is 0 Å². The molecule has 0 bridgehead atoms. The van der Waals surface area contributed by atoms with Crippen LogP contribution in [0, 0.1) is 17.5 Å². The summed E-state index contributed by atoms with van der Waals surface area (Å²) in [6, 6.07) is 2.45. The standard InChI is InChI=1S/C10H6ClF3N4/c11-7-3-8(18-10(15)17-7)16-6-2-4(12)1-5(13)9(6)14/h1-3H,(H3,15,16,17,18). The molecule has 0 saturated carbocycles. The summed E-state index contributed by atoms with van der Waals surface area (Å²) >= 11 is 5.61. The fourth-order valence-corrected chi connectivity index (χ4v) is 1.47.